The van der Waals surface area contributed by atoms with Gasteiger partial charge in [-0.1, -0.05) is 20.3 Å². The van der Waals surface area contributed by atoms with Gasteiger partial charge in [0.15, 0.2) is 0 Å². The molecular formula is C9H19N. The van der Waals surface area contributed by atoms with Crippen molar-refractivity contribution in [1.82, 2.24) is 4.90 Å². The fourth-order valence-electron chi connectivity index (χ4n) is 2.01. The third kappa shape index (κ3) is 1.72. The van der Waals surface area contributed by atoms with E-state index in [1.54, 1.807) is 0 Å². The first-order valence-corrected chi connectivity index (χ1v) is 4.42. The quantitative estimate of drug-likeness (QED) is 0.540. The van der Waals surface area contributed by atoms with E-state index < -0.39 is 0 Å². The van der Waals surface area contributed by atoms with Crippen LogP contribution < -0.4 is 0 Å². The Labute approximate surface area is 64.4 Å². The van der Waals surface area contributed by atoms with Crippen molar-refractivity contribution >= 4 is 0 Å². The predicted octanol–water partition coefficient (Wildman–Crippen LogP) is 1.98. The van der Waals surface area contributed by atoms with Crippen LogP contribution in [0.5, 0.6) is 0 Å². The van der Waals surface area contributed by atoms with Crippen LogP contribution in [0.15, 0.2) is 0 Å². The van der Waals surface area contributed by atoms with Gasteiger partial charge in [0.2, 0.25) is 0 Å². The monoisotopic (exact) mass is 141 g/mol. The zero-order valence-corrected chi connectivity index (χ0v) is 7.43. The Morgan fingerprint density at radius 3 is 2.70 bits per heavy atom. The average Bonchev–Trinajstić information content (AvgIpc) is 1.88. The third-order valence-corrected chi connectivity index (χ3v) is 2.81. The molecule has 0 aromatic heterocycles. The first-order chi connectivity index (χ1) is 4.74. The van der Waals surface area contributed by atoms with E-state index in [1.807, 2.05) is 0 Å². The first-order valence-electron chi connectivity index (χ1n) is 4.42. The maximum atomic E-state index is 2.44. The smallest absolute Gasteiger partial charge is 0.000662 e. The number of nitrogens with zero attached hydrogens (tertiary/aromatic N) is 1. The molecule has 0 spiro atoms. The van der Waals surface area contributed by atoms with Gasteiger partial charge in [-0.15, -0.1) is 0 Å². The number of likely N-dealkylation sites (tertiary alicyclic amines) is 1. The predicted molar refractivity (Wildman–Crippen MR) is 45.1 cm³/mol. The maximum absolute atomic E-state index is 2.44. The average molecular weight is 141 g/mol. The minimum absolute atomic E-state index is 0.920. The van der Waals surface area contributed by atoms with E-state index in [0.717, 1.165) is 11.8 Å². The van der Waals surface area contributed by atoms with Gasteiger partial charge in [-0.3, -0.25) is 0 Å². The van der Waals surface area contributed by atoms with Crippen molar-refractivity contribution in [3.8, 4) is 0 Å². The van der Waals surface area contributed by atoms with Crippen molar-refractivity contribution in [2.45, 2.75) is 26.7 Å². The summed E-state index contributed by atoms with van der Waals surface area (Å²) >= 11 is 0. The lowest BCUT2D eigenvalue weighted by Crippen LogP contribution is -2.36. The summed E-state index contributed by atoms with van der Waals surface area (Å²) in [7, 11) is 2.22. The van der Waals surface area contributed by atoms with Crippen LogP contribution >= 0.6 is 0 Å². The van der Waals surface area contributed by atoms with Crippen LogP contribution in [0.25, 0.3) is 0 Å². The van der Waals surface area contributed by atoms with Crippen LogP contribution in [0.2, 0.25) is 0 Å². The molecule has 0 amide bonds. The second kappa shape index (κ2) is 3.38. The molecule has 0 aromatic carbocycles. The summed E-state index contributed by atoms with van der Waals surface area (Å²) in [6, 6.07) is 0. The van der Waals surface area contributed by atoms with Gasteiger partial charge in [0, 0.05) is 6.54 Å². The van der Waals surface area contributed by atoms with Gasteiger partial charge in [-0.05, 0) is 31.8 Å². The molecule has 0 aliphatic carbocycles. The van der Waals surface area contributed by atoms with Crippen molar-refractivity contribution in [3.05, 3.63) is 0 Å². The molecule has 1 fully saturated rings. The van der Waals surface area contributed by atoms with Crippen LogP contribution in [0.3, 0.4) is 0 Å². The molecule has 0 aromatic rings. The SMILES string of the molecule is CC[C@@H]1CCN(C)C[C@H]1C. The van der Waals surface area contributed by atoms with Crippen LogP contribution in [-0.2, 0) is 0 Å². The Morgan fingerprint density at radius 1 is 1.50 bits per heavy atom. The molecule has 1 nitrogen and oxygen atoms in total. The molecule has 0 unspecified atom stereocenters. The van der Waals surface area contributed by atoms with Gasteiger partial charge in [-0.25, -0.2) is 0 Å². The molecule has 2 atom stereocenters. The largest absolute Gasteiger partial charge is 0.306 e. The topological polar surface area (TPSA) is 3.24 Å². The van der Waals surface area contributed by atoms with Crippen molar-refractivity contribution in [3.63, 3.8) is 0 Å². The number of hydrogen-bond acceptors (Lipinski definition) is 1. The zero-order valence-electron chi connectivity index (χ0n) is 7.43. The lowest BCUT2D eigenvalue weighted by Gasteiger charge is -2.34. The van der Waals surface area contributed by atoms with Gasteiger partial charge in [0.05, 0.1) is 0 Å². The highest BCUT2D eigenvalue weighted by Crippen LogP contribution is 2.24. The fourth-order valence-corrected chi connectivity index (χ4v) is 2.01. The Balaban J connectivity index is 2.36. The molecule has 0 radical (unpaired) electrons. The highest BCUT2D eigenvalue weighted by atomic mass is 15.1. The zero-order chi connectivity index (χ0) is 7.56. The summed E-state index contributed by atoms with van der Waals surface area (Å²) in [5, 5.41) is 0. The molecule has 1 heterocycles. The van der Waals surface area contributed by atoms with Crippen LogP contribution in [0.1, 0.15) is 26.7 Å². The van der Waals surface area contributed by atoms with E-state index in [9.17, 15) is 0 Å². The standard InChI is InChI=1S/C9H19N/c1-4-9-5-6-10(3)7-8(9)2/h8-9H,4-7H2,1-3H3/t8-,9-/m1/s1. The summed E-state index contributed by atoms with van der Waals surface area (Å²) in [6.07, 6.45) is 2.78. The van der Waals surface area contributed by atoms with Crippen molar-refractivity contribution in [1.29, 1.82) is 0 Å². The van der Waals surface area contributed by atoms with E-state index in [0.29, 0.717) is 0 Å². The van der Waals surface area contributed by atoms with Gasteiger partial charge in [-0.2, -0.15) is 0 Å². The Bertz CT molecular complexity index is 101. The molecule has 1 aliphatic rings. The molecule has 1 aliphatic heterocycles. The van der Waals surface area contributed by atoms with Crippen molar-refractivity contribution < 1.29 is 0 Å². The third-order valence-electron chi connectivity index (χ3n) is 2.81. The van der Waals surface area contributed by atoms with E-state index in [1.165, 1.54) is 25.9 Å². The van der Waals surface area contributed by atoms with Crippen LogP contribution in [0, 0.1) is 11.8 Å². The van der Waals surface area contributed by atoms with Crippen molar-refractivity contribution in [2.75, 3.05) is 20.1 Å². The molecule has 0 saturated carbocycles. The normalized spacial score (nSPS) is 36.3. The minimum atomic E-state index is 0.920. The Kier molecular flexibility index (Phi) is 2.72. The summed E-state index contributed by atoms with van der Waals surface area (Å²) in [5.74, 6) is 1.92. The molecule has 1 saturated heterocycles. The lowest BCUT2D eigenvalue weighted by molar-refractivity contribution is 0.152. The van der Waals surface area contributed by atoms with E-state index in [4.69, 9.17) is 0 Å². The van der Waals surface area contributed by atoms with E-state index in [2.05, 4.69) is 25.8 Å². The highest BCUT2D eigenvalue weighted by molar-refractivity contribution is 4.74. The summed E-state index contributed by atoms with van der Waals surface area (Å²) in [4.78, 5) is 2.44. The summed E-state index contributed by atoms with van der Waals surface area (Å²) in [6.45, 7) is 7.30. The van der Waals surface area contributed by atoms with E-state index >= 15 is 0 Å². The maximum Gasteiger partial charge on any atom is 0.000662 e. The van der Waals surface area contributed by atoms with Crippen LogP contribution in [0.4, 0.5) is 0 Å². The van der Waals surface area contributed by atoms with Crippen molar-refractivity contribution in [2.24, 2.45) is 11.8 Å². The molecule has 1 rings (SSSR count). The van der Waals surface area contributed by atoms with Gasteiger partial charge in [0.25, 0.3) is 0 Å². The number of hydrogen-bond donors (Lipinski definition) is 0. The molecule has 60 valence electrons. The second-order valence-corrected chi connectivity index (χ2v) is 3.70. The molecule has 10 heavy (non-hydrogen) atoms. The lowest BCUT2D eigenvalue weighted by atomic mass is 9.85. The Morgan fingerprint density at radius 2 is 2.20 bits per heavy atom. The van der Waals surface area contributed by atoms with Gasteiger partial charge in [0.1, 0.15) is 0 Å². The van der Waals surface area contributed by atoms with Gasteiger partial charge < -0.3 is 4.90 Å². The molecule has 0 N–H and O–H groups in total. The molecular weight excluding hydrogens is 122 g/mol. The summed E-state index contributed by atoms with van der Waals surface area (Å²) in [5.41, 5.74) is 0. The number of piperidine rings is 1. The van der Waals surface area contributed by atoms with Crippen LogP contribution in [-0.4, -0.2) is 25.0 Å². The molecule has 1 heteroatoms. The fraction of sp³-hybridized carbons (Fsp3) is 1.00. The Hall–Kier alpha value is -0.0400. The van der Waals surface area contributed by atoms with Gasteiger partial charge >= 0.3 is 0 Å². The molecule has 0 bridgehead atoms. The minimum Gasteiger partial charge on any atom is -0.306 e. The second-order valence-electron chi connectivity index (χ2n) is 3.70. The van der Waals surface area contributed by atoms with E-state index in [-0.39, 0.29) is 0 Å². The number of rotatable bonds is 1. The first kappa shape index (κ1) is 8.06. The highest BCUT2D eigenvalue weighted by Gasteiger charge is 2.21. The summed E-state index contributed by atoms with van der Waals surface area (Å²) < 4.78 is 0.